The van der Waals surface area contributed by atoms with Gasteiger partial charge >= 0.3 is 5.97 Å². The molecule has 9 nitrogen and oxygen atoms in total. The van der Waals surface area contributed by atoms with Crippen LogP contribution in [0.15, 0.2) is 0 Å². The van der Waals surface area contributed by atoms with Crippen LogP contribution < -0.4 is 0 Å². The minimum atomic E-state index is -1.53. The van der Waals surface area contributed by atoms with E-state index in [1.54, 1.807) is 0 Å². The molecule has 0 amide bonds. The number of aliphatic hydroxyl groups is 4. The molecule has 0 bridgehead atoms. The maximum atomic E-state index is 12.7. The molecule has 6 atom stereocenters. The van der Waals surface area contributed by atoms with Gasteiger partial charge < -0.3 is 39.4 Å². The number of rotatable bonds is 38. The molecule has 9 heteroatoms. The molecule has 52 heavy (non-hydrogen) atoms. The average Bonchev–Trinajstić information content (AvgIpc) is 3.14. The average molecular weight is 745 g/mol. The molecule has 0 saturated carbocycles. The molecule has 1 aliphatic heterocycles. The van der Waals surface area contributed by atoms with Crippen molar-refractivity contribution in [3.8, 4) is 0 Å². The van der Waals surface area contributed by atoms with E-state index in [0.29, 0.717) is 13.0 Å². The van der Waals surface area contributed by atoms with Crippen molar-refractivity contribution >= 4 is 5.97 Å². The van der Waals surface area contributed by atoms with Crippen molar-refractivity contribution in [1.82, 2.24) is 0 Å². The maximum absolute atomic E-state index is 12.7. The highest BCUT2D eigenvalue weighted by Gasteiger charge is 2.44. The second-order valence-corrected chi connectivity index (χ2v) is 15.5. The van der Waals surface area contributed by atoms with Crippen LogP contribution in [-0.4, -0.2) is 89.6 Å². The van der Waals surface area contributed by atoms with Gasteiger partial charge in [0, 0.05) is 13.0 Å². The van der Waals surface area contributed by atoms with E-state index in [1.165, 1.54) is 154 Å². The lowest BCUT2D eigenvalue weighted by Gasteiger charge is -2.39. The SMILES string of the molecule is CCCCCCCCCCCCCCCCCCCCCC(=O)OC(COCCCCCCCCCCCC)COC1OC(CO)C(O)C(O)C1O. The second-order valence-electron chi connectivity index (χ2n) is 15.5. The van der Waals surface area contributed by atoms with E-state index in [4.69, 9.17) is 18.9 Å². The Morgan fingerprint density at radius 1 is 0.538 bits per heavy atom. The third-order valence-electron chi connectivity index (χ3n) is 10.5. The molecule has 0 spiro atoms. The topological polar surface area (TPSA) is 135 Å². The van der Waals surface area contributed by atoms with Gasteiger partial charge in [0.15, 0.2) is 6.29 Å². The van der Waals surface area contributed by atoms with E-state index in [2.05, 4.69) is 13.8 Å². The summed E-state index contributed by atoms with van der Waals surface area (Å²) in [7, 11) is 0. The lowest BCUT2D eigenvalue weighted by molar-refractivity contribution is -0.305. The first-order valence-electron chi connectivity index (χ1n) is 22.1. The van der Waals surface area contributed by atoms with E-state index in [0.717, 1.165) is 32.1 Å². The number of carbonyl (C=O) groups is 1. The summed E-state index contributed by atoms with van der Waals surface area (Å²) in [4.78, 5) is 12.7. The highest BCUT2D eigenvalue weighted by atomic mass is 16.7. The third kappa shape index (κ3) is 26.9. The molecule has 1 rings (SSSR count). The zero-order valence-corrected chi connectivity index (χ0v) is 33.8. The van der Waals surface area contributed by atoms with Crippen LogP contribution >= 0.6 is 0 Å². The van der Waals surface area contributed by atoms with Gasteiger partial charge in [-0.15, -0.1) is 0 Å². The Morgan fingerprint density at radius 2 is 0.942 bits per heavy atom. The Bertz CT molecular complexity index is 767. The van der Waals surface area contributed by atoms with Gasteiger partial charge in [0.2, 0.25) is 0 Å². The highest BCUT2D eigenvalue weighted by molar-refractivity contribution is 5.69. The molecule has 1 fully saturated rings. The molecular formula is C43H84O9. The summed E-state index contributed by atoms with van der Waals surface area (Å²) >= 11 is 0. The first kappa shape index (κ1) is 49.2. The summed E-state index contributed by atoms with van der Waals surface area (Å²) < 4.78 is 22.8. The quantitative estimate of drug-likeness (QED) is 0.0360. The highest BCUT2D eigenvalue weighted by Crippen LogP contribution is 2.23. The van der Waals surface area contributed by atoms with Crippen LogP contribution in [0.2, 0.25) is 0 Å². The van der Waals surface area contributed by atoms with Crippen molar-refractivity contribution in [2.75, 3.05) is 26.4 Å². The lowest BCUT2D eigenvalue weighted by atomic mass is 9.99. The molecule has 1 heterocycles. The maximum Gasteiger partial charge on any atom is 0.306 e. The van der Waals surface area contributed by atoms with Gasteiger partial charge in [0.05, 0.1) is 19.8 Å². The summed E-state index contributed by atoms with van der Waals surface area (Å²) in [6.07, 6.45) is 29.9. The van der Waals surface area contributed by atoms with Crippen LogP contribution in [0.5, 0.6) is 0 Å². The Labute approximate surface area is 319 Å². The predicted octanol–water partition coefficient (Wildman–Crippen LogP) is 9.47. The Morgan fingerprint density at radius 3 is 1.37 bits per heavy atom. The largest absolute Gasteiger partial charge is 0.457 e. The Kier molecular flexibility index (Phi) is 33.9. The first-order chi connectivity index (χ1) is 25.4. The molecule has 0 aromatic carbocycles. The van der Waals surface area contributed by atoms with E-state index in [1.807, 2.05) is 0 Å². The van der Waals surface area contributed by atoms with Gasteiger partial charge in [0.1, 0.15) is 30.5 Å². The number of ether oxygens (including phenoxy) is 4. The van der Waals surface area contributed by atoms with E-state index >= 15 is 0 Å². The fraction of sp³-hybridized carbons (Fsp3) is 0.977. The van der Waals surface area contributed by atoms with Crippen LogP contribution in [-0.2, 0) is 23.7 Å². The normalized spacial score (nSPS) is 21.1. The van der Waals surface area contributed by atoms with Gasteiger partial charge in [0.25, 0.3) is 0 Å². The lowest BCUT2D eigenvalue weighted by Crippen LogP contribution is -2.59. The fourth-order valence-corrected chi connectivity index (χ4v) is 7.02. The van der Waals surface area contributed by atoms with Crippen molar-refractivity contribution < 1.29 is 44.2 Å². The molecule has 1 aliphatic rings. The number of carbonyl (C=O) groups excluding carboxylic acids is 1. The van der Waals surface area contributed by atoms with Crippen LogP contribution in [0.4, 0.5) is 0 Å². The zero-order valence-electron chi connectivity index (χ0n) is 33.8. The summed E-state index contributed by atoms with van der Waals surface area (Å²) in [5.41, 5.74) is 0. The van der Waals surface area contributed by atoms with Gasteiger partial charge in [-0.3, -0.25) is 4.79 Å². The molecule has 6 unspecified atom stereocenters. The van der Waals surface area contributed by atoms with Crippen molar-refractivity contribution in [3.63, 3.8) is 0 Å². The molecule has 1 saturated heterocycles. The standard InChI is InChI=1S/C43H84O9/c1-3-5-7-9-11-13-15-16-17-18-19-20-21-22-23-24-26-28-30-32-39(45)51-37(35-49-33-31-29-27-25-14-12-10-8-6-4-2)36-50-43-42(48)41(47)40(46)38(34-44)52-43/h37-38,40-44,46-48H,3-36H2,1-2H3. The summed E-state index contributed by atoms with van der Waals surface area (Å²) in [6, 6.07) is 0. The van der Waals surface area contributed by atoms with Crippen molar-refractivity contribution in [2.45, 2.75) is 243 Å². The minimum absolute atomic E-state index is 0.106. The summed E-state index contributed by atoms with van der Waals surface area (Å²) in [6.45, 7) is 4.59. The Balaban J connectivity index is 2.21. The molecule has 4 N–H and O–H groups in total. The van der Waals surface area contributed by atoms with Crippen LogP contribution in [0.1, 0.15) is 206 Å². The molecule has 0 aliphatic carbocycles. The fourth-order valence-electron chi connectivity index (χ4n) is 7.02. The smallest absolute Gasteiger partial charge is 0.306 e. The second kappa shape index (κ2) is 35.9. The summed E-state index contributed by atoms with van der Waals surface area (Å²) in [5.74, 6) is -0.308. The van der Waals surface area contributed by atoms with E-state index < -0.39 is 43.4 Å². The Hall–Kier alpha value is -0.810. The van der Waals surface area contributed by atoms with Crippen molar-refractivity contribution in [2.24, 2.45) is 0 Å². The van der Waals surface area contributed by atoms with Crippen molar-refractivity contribution in [1.29, 1.82) is 0 Å². The van der Waals surface area contributed by atoms with Crippen LogP contribution in [0.3, 0.4) is 0 Å². The van der Waals surface area contributed by atoms with Crippen LogP contribution in [0.25, 0.3) is 0 Å². The van der Waals surface area contributed by atoms with E-state index in [9.17, 15) is 25.2 Å². The van der Waals surface area contributed by atoms with Gasteiger partial charge in [-0.25, -0.2) is 0 Å². The third-order valence-corrected chi connectivity index (χ3v) is 10.5. The molecule has 0 radical (unpaired) electrons. The number of aliphatic hydroxyl groups excluding tert-OH is 4. The molecular weight excluding hydrogens is 660 g/mol. The number of hydrogen-bond donors (Lipinski definition) is 4. The molecule has 310 valence electrons. The zero-order chi connectivity index (χ0) is 37.9. The van der Waals surface area contributed by atoms with E-state index in [-0.39, 0.29) is 19.2 Å². The predicted molar refractivity (Wildman–Crippen MR) is 210 cm³/mol. The number of unbranched alkanes of at least 4 members (excludes halogenated alkanes) is 27. The first-order valence-corrected chi connectivity index (χ1v) is 22.1. The van der Waals surface area contributed by atoms with Gasteiger partial charge in [-0.1, -0.05) is 187 Å². The summed E-state index contributed by atoms with van der Waals surface area (Å²) in [5, 5.41) is 40.0. The van der Waals surface area contributed by atoms with Gasteiger partial charge in [-0.05, 0) is 12.8 Å². The minimum Gasteiger partial charge on any atom is -0.457 e. The number of esters is 1. The van der Waals surface area contributed by atoms with Crippen molar-refractivity contribution in [3.05, 3.63) is 0 Å². The molecule has 0 aromatic heterocycles. The number of hydrogen-bond acceptors (Lipinski definition) is 9. The molecule has 0 aromatic rings. The van der Waals surface area contributed by atoms with Crippen LogP contribution in [0, 0.1) is 0 Å². The van der Waals surface area contributed by atoms with Gasteiger partial charge in [-0.2, -0.15) is 0 Å². The monoisotopic (exact) mass is 745 g/mol.